The summed E-state index contributed by atoms with van der Waals surface area (Å²) >= 11 is 0. The van der Waals surface area contributed by atoms with Crippen LogP contribution in [0.3, 0.4) is 0 Å². The molecule has 0 saturated carbocycles. The number of nitrogens with two attached hydrogens (primary N) is 1. The third-order valence-electron chi connectivity index (χ3n) is 1.89. The number of hydrogen-bond acceptors (Lipinski definition) is 3. The highest BCUT2D eigenvalue weighted by atomic mass is 16.6. The highest BCUT2D eigenvalue weighted by Gasteiger charge is 2.20. The van der Waals surface area contributed by atoms with Crippen LogP contribution in [0, 0.1) is 0 Å². The molecular formula is C11H18N2O2. The number of alkyl carbamates (subject to hydrolysis) is 1. The molecule has 84 valence electrons. The van der Waals surface area contributed by atoms with Crippen LogP contribution in [0.2, 0.25) is 0 Å². The minimum absolute atomic E-state index is 0.148. The van der Waals surface area contributed by atoms with Crippen LogP contribution in [0.15, 0.2) is 23.9 Å². The van der Waals surface area contributed by atoms with Gasteiger partial charge in [-0.1, -0.05) is 12.2 Å². The van der Waals surface area contributed by atoms with Gasteiger partial charge in [0, 0.05) is 5.70 Å². The molecule has 0 saturated heterocycles. The highest BCUT2D eigenvalue weighted by Crippen LogP contribution is 2.11. The zero-order valence-electron chi connectivity index (χ0n) is 9.41. The predicted octanol–water partition coefficient (Wildman–Crippen LogP) is 1.68. The van der Waals surface area contributed by atoms with Gasteiger partial charge in [-0.3, -0.25) is 0 Å². The predicted molar refractivity (Wildman–Crippen MR) is 59.2 cm³/mol. The second kappa shape index (κ2) is 4.38. The van der Waals surface area contributed by atoms with Gasteiger partial charge in [-0.15, -0.1) is 0 Å². The van der Waals surface area contributed by atoms with Crippen LogP contribution in [0.5, 0.6) is 0 Å². The molecular weight excluding hydrogens is 192 g/mol. The maximum atomic E-state index is 11.4. The van der Waals surface area contributed by atoms with Crippen molar-refractivity contribution < 1.29 is 9.53 Å². The van der Waals surface area contributed by atoms with Gasteiger partial charge in [-0.05, 0) is 33.3 Å². The Morgan fingerprint density at radius 3 is 2.80 bits per heavy atom. The summed E-state index contributed by atoms with van der Waals surface area (Å²) in [7, 11) is 0. The molecule has 4 heteroatoms. The lowest BCUT2D eigenvalue weighted by Crippen LogP contribution is -2.42. The van der Waals surface area contributed by atoms with E-state index in [1.54, 1.807) is 6.08 Å². The van der Waals surface area contributed by atoms with E-state index in [9.17, 15) is 4.79 Å². The zero-order valence-corrected chi connectivity index (χ0v) is 9.41. The van der Waals surface area contributed by atoms with Crippen LogP contribution in [0.1, 0.15) is 27.2 Å². The minimum Gasteiger partial charge on any atom is -0.444 e. The Hall–Kier alpha value is -1.45. The fourth-order valence-corrected chi connectivity index (χ4v) is 1.24. The molecule has 15 heavy (non-hydrogen) atoms. The van der Waals surface area contributed by atoms with Crippen molar-refractivity contribution in [3.8, 4) is 0 Å². The topological polar surface area (TPSA) is 64.3 Å². The molecule has 1 rings (SSSR count). The van der Waals surface area contributed by atoms with Gasteiger partial charge in [0.25, 0.3) is 0 Å². The fourth-order valence-electron chi connectivity index (χ4n) is 1.24. The van der Waals surface area contributed by atoms with Crippen LogP contribution in [-0.2, 0) is 4.74 Å². The third kappa shape index (κ3) is 4.06. The summed E-state index contributed by atoms with van der Waals surface area (Å²) in [6.07, 6.45) is 5.90. The molecule has 0 radical (unpaired) electrons. The van der Waals surface area contributed by atoms with Gasteiger partial charge < -0.3 is 15.8 Å². The molecule has 1 unspecified atom stereocenters. The molecule has 0 spiro atoms. The van der Waals surface area contributed by atoms with E-state index >= 15 is 0 Å². The second-order valence-electron chi connectivity index (χ2n) is 4.53. The van der Waals surface area contributed by atoms with Gasteiger partial charge in [-0.2, -0.15) is 0 Å². The lowest BCUT2D eigenvalue weighted by molar-refractivity contribution is 0.0512. The number of hydrogen-bond donors (Lipinski definition) is 2. The molecule has 0 aromatic heterocycles. The lowest BCUT2D eigenvalue weighted by Gasteiger charge is -2.24. The van der Waals surface area contributed by atoms with E-state index in [0.717, 1.165) is 0 Å². The Labute approximate surface area is 90.2 Å². The molecule has 1 aliphatic rings. The first-order valence-electron chi connectivity index (χ1n) is 5.00. The molecule has 0 heterocycles. The fraction of sp³-hybridized carbons (Fsp3) is 0.545. The van der Waals surface area contributed by atoms with Crippen LogP contribution in [-0.4, -0.2) is 17.7 Å². The van der Waals surface area contributed by atoms with E-state index in [0.29, 0.717) is 12.1 Å². The van der Waals surface area contributed by atoms with E-state index in [4.69, 9.17) is 10.5 Å². The van der Waals surface area contributed by atoms with E-state index in [1.807, 2.05) is 32.9 Å². The van der Waals surface area contributed by atoms with Crippen molar-refractivity contribution in [2.45, 2.75) is 38.8 Å². The molecule has 1 aliphatic carbocycles. The third-order valence-corrected chi connectivity index (χ3v) is 1.89. The maximum Gasteiger partial charge on any atom is 0.408 e. The Bertz CT molecular complexity index is 300. The van der Waals surface area contributed by atoms with E-state index in [2.05, 4.69) is 5.32 Å². The molecule has 0 fully saturated rings. The van der Waals surface area contributed by atoms with Crippen molar-refractivity contribution >= 4 is 6.09 Å². The molecule has 0 aromatic carbocycles. The standard InChI is InChI=1S/C11H18N2O2/c1-11(2,3)15-10(14)13-9-7-5-4-6-8(9)12/h4-6,9H,7,12H2,1-3H3,(H,13,14). The van der Waals surface area contributed by atoms with Gasteiger partial charge in [-0.25, -0.2) is 4.79 Å². The summed E-state index contributed by atoms with van der Waals surface area (Å²) in [6, 6.07) is -0.148. The van der Waals surface area contributed by atoms with E-state index in [1.165, 1.54) is 0 Å². The van der Waals surface area contributed by atoms with Gasteiger partial charge in [0.15, 0.2) is 0 Å². The Balaban J connectivity index is 2.46. The Morgan fingerprint density at radius 2 is 2.27 bits per heavy atom. The zero-order chi connectivity index (χ0) is 11.5. The van der Waals surface area contributed by atoms with E-state index < -0.39 is 11.7 Å². The van der Waals surface area contributed by atoms with Gasteiger partial charge in [0.1, 0.15) is 5.60 Å². The normalized spacial score (nSPS) is 20.7. The summed E-state index contributed by atoms with van der Waals surface area (Å²) in [5.41, 5.74) is 5.91. The molecule has 0 bridgehead atoms. The Morgan fingerprint density at radius 1 is 1.60 bits per heavy atom. The van der Waals surface area contributed by atoms with Crippen LogP contribution >= 0.6 is 0 Å². The van der Waals surface area contributed by atoms with Crippen LogP contribution in [0.25, 0.3) is 0 Å². The second-order valence-corrected chi connectivity index (χ2v) is 4.53. The summed E-state index contributed by atoms with van der Waals surface area (Å²) in [5, 5.41) is 2.72. The molecule has 4 nitrogen and oxygen atoms in total. The first kappa shape index (κ1) is 11.6. The quantitative estimate of drug-likeness (QED) is 0.692. The highest BCUT2D eigenvalue weighted by molar-refractivity contribution is 5.68. The number of amides is 1. The minimum atomic E-state index is -0.479. The molecule has 1 atom stereocenters. The summed E-state index contributed by atoms with van der Waals surface area (Å²) in [6.45, 7) is 5.48. The monoisotopic (exact) mass is 210 g/mol. The van der Waals surface area contributed by atoms with Crippen molar-refractivity contribution in [2.75, 3.05) is 0 Å². The Kier molecular flexibility index (Phi) is 3.39. The first-order valence-corrected chi connectivity index (χ1v) is 5.00. The van der Waals surface area contributed by atoms with Crippen LogP contribution in [0.4, 0.5) is 4.79 Å². The summed E-state index contributed by atoms with van der Waals surface area (Å²) in [4.78, 5) is 11.4. The lowest BCUT2D eigenvalue weighted by atomic mass is 10.1. The van der Waals surface area contributed by atoms with Crippen molar-refractivity contribution in [1.82, 2.24) is 5.32 Å². The number of rotatable bonds is 1. The number of nitrogens with one attached hydrogen (secondary N) is 1. The number of carbonyl (C=O) groups is 1. The summed E-state index contributed by atoms with van der Waals surface area (Å²) < 4.78 is 5.13. The average molecular weight is 210 g/mol. The van der Waals surface area contributed by atoms with Crippen molar-refractivity contribution in [3.05, 3.63) is 23.9 Å². The van der Waals surface area contributed by atoms with E-state index in [-0.39, 0.29) is 6.04 Å². The maximum absolute atomic E-state index is 11.4. The largest absolute Gasteiger partial charge is 0.444 e. The molecule has 1 amide bonds. The van der Waals surface area contributed by atoms with Gasteiger partial charge in [0.05, 0.1) is 6.04 Å². The molecule has 3 N–H and O–H groups in total. The molecule has 0 aliphatic heterocycles. The average Bonchev–Trinajstić information content (AvgIpc) is 2.05. The number of ether oxygens (including phenoxy) is 1. The van der Waals surface area contributed by atoms with Crippen LogP contribution < -0.4 is 11.1 Å². The first-order chi connectivity index (χ1) is 6.88. The number of carbonyl (C=O) groups excluding carboxylic acids is 1. The smallest absolute Gasteiger partial charge is 0.408 e. The van der Waals surface area contributed by atoms with Crippen molar-refractivity contribution in [3.63, 3.8) is 0 Å². The van der Waals surface area contributed by atoms with Crippen molar-refractivity contribution in [2.24, 2.45) is 5.73 Å². The van der Waals surface area contributed by atoms with Gasteiger partial charge in [0.2, 0.25) is 0 Å². The summed E-state index contributed by atoms with van der Waals surface area (Å²) in [5.74, 6) is 0. The van der Waals surface area contributed by atoms with Crippen molar-refractivity contribution in [1.29, 1.82) is 0 Å². The SMILES string of the molecule is CC(C)(C)OC(=O)NC1CC=CC=C1N. The molecule has 0 aromatic rings. The van der Waals surface area contributed by atoms with Gasteiger partial charge >= 0.3 is 6.09 Å². The number of allylic oxidation sites excluding steroid dienone is 2.